The van der Waals surface area contributed by atoms with Crippen molar-refractivity contribution in [3.8, 4) is 11.9 Å². The maximum atomic E-state index is 13.2. The van der Waals surface area contributed by atoms with Crippen molar-refractivity contribution in [3.63, 3.8) is 0 Å². The van der Waals surface area contributed by atoms with Crippen LogP contribution in [0.25, 0.3) is 6.08 Å². The molecule has 10 heteroatoms. The maximum Gasteiger partial charge on any atom is 0.271 e. The quantitative estimate of drug-likeness (QED) is 0.287. The molecule has 2 aromatic heterocycles. The van der Waals surface area contributed by atoms with Gasteiger partial charge in [0.05, 0.1) is 17.0 Å². The average Bonchev–Trinajstić information content (AvgIpc) is 3.14. The van der Waals surface area contributed by atoms with E-state index in [2.05, 4.69) is 4.98 Å². The fourth-order valence-corrected chi connectivity index (χ4v) is 5.15. The molecule has 0 bridgehead atoms. The Morgan fingerprint density at radius 1 is 1.22 bits per heavy atom. The first-order chi connectivity index (χ1) is 17.3. The van der Waals surface area contributed by atoms with E-state index >= 15 is 0 Å². The third-order valence-electron chi connectivity index (χ3n) is 5.68. The molecule has 0 radical (unpaired) electrons. The van der Waals surface area contributed by atoms with E-state index in [0.717, 1.165) is 21.9 Å². The Morgan fingerprint density at radius 2 is 1.97 bits per heavy atom. The summed E-state index contributed by atoms with van der Waals surface area (Å²) in [5, 5.41) is 20.5. The smallest absolute Gasteiger partial charge is 0.271 e. The van der Waals surface area contributed by atoms with Gasteiger partial charge in [-0.2, -0.15) is 5.26 Å². The molecule has 8 nitrogen and oxygen atoms in total. The number of thiocarbonyl (C=S) groups is 1. The number of hydrogen-bond donors (Lipinski definition) is 1. The predicted molar refractivity (Wildman–Crippen MR) is 140 cm³/mol. The van der Waals surface area contributed by atoms with E-state index in [1.165, 1.54) is 18.0 Å². The third kappa shape index (κ3) is 4.98. The third-order valence-corrected chi connectivity index (χ3v) is 7.05. The van der Waals surface area contributed by atoms with Crippen molar-refractivity contribution in [3.05, 3.63) is 97.9 Å². The zero-order chi connectivity index (χ0) is 25.8. The van der Waals surface area contributed by atoms with E-state index in [-0.39, 0.29) is 42.1 Å². The number of hydrogen-bond acceptors (Lipinski definition) is 8. The Kier molecular flexibility index (Phi) is 7.43. The van der Waals surface area contributed by atoms with Crippen molar-refractivity contribution in [2.24, 2.45) is 0 Å². The van der Waals surface area contributed by atoms with Crippen LogP contribution in [-0.2, 0) is 11.3 Å². The molecule has 36 heavy (non-hydrogen) atoms. The summed E-state index contributed by atoms with van der Waals surface area (Å²) >= 11 is 6.51. The van der Waals surface area contributed by atoms with Crippen LogP contribution in [0.5, 0.6) is 5.88 Å². The molecule has 1 N–H and O–H groups in total. The van der Waals surface area contributed by atoms with Crippen molar-refractivity contribution in [1.29, 1.82) is 5.26 Å². The van der Waals surface area contributed by atoms with Gasteiger partial charge in [-0.3, -0.25) is 28.8 Å². The highest BCUT2D eigenvalue weighted by Crippen LogP contribution is 2.33. The van der Waals surface area contributed by atoms with Crippen LogP contribution in [-0.4, -0.2) is 42.1 Å². The highest BCUT2D eigenvalue weighted by molar-refractivity contribution is 8.26. The number of nitriles is 1. The Hall–Kier alpha value is -4.07. The van der Waals surface area contributed by atoms with Gasteiger partial charge in [0.1, 0.15) is 16.0 Å². The molecule has 4 rings (SSSR count). The van der Waals surface area contributed by atoms with Gasteiger partial charge in [0, 0.05) is 25.4 Å². The standard InChI is InChI=1S/C26H20N4O4S2/c1-16-19(13-27)23(32)30(15-18-8-5-10-28-14-18)25(34)22(16)20(31)9-11-29-24(33)21(36-26(29)35)12-17-6-3-2-4-7-17/h2-8,10,12,14,34H,9,11,15H2,1H3/b21-12-. The minimum Gasteiger partial charge on any atom is -0.494 e. The summed E-state index contributed by atoms with van der Waals surface area (Å²) < 4.78 is 1.31. The van der Waals surface area contributed by atoms with E-state index in [4.69, 9.17) is 12.2 Å². The highest BCUT2D eigenvalue weighted by atomic mass is 32.2. The molecular formula is C26H20N4O4S2. The molecule has 3 aromatic rings. The normalized spacial score (nSPS) is 14.3. The second kappa shape index (κ2) is 10.7. The van der Waals surface area contributed by atoms with Gasteiger partial charge in [0.25, 0.3) is 11.5 Å². The summed E-state index contributed by atoms with van der Waals surface area (Å²) in [6, 6.07) is 14.6. The first kappa shape index (κ1) is 25.0. The minimum atomic E-state index is -0.698. The van der Waals surface area contributed by atoms with Crippen LogP contribution in [0.4, 0.5) is 0 Å². The summed E-state index contributed by atoms with van der Waals surface area (Å²) in [5.41, 5.74) is 0.521. The summed E-state index contributed by atoms with van der Waals surface area (Å²) in [7, 11) is 0. The van der Waals surface area contributed by atoms with E-state index < -0.39 is 17.2 Å². The molecular weight excluding hydrogens is 496 g/mol. The van der Waals surface area contributed by atoms with Crippen LogP contribution in [0, 0.1) is 18.3 Å². The average molecular weight is 517 g/mol. The van der Waals surface area contributed by atoms with Gasteiger partial charge in [-0.05, 0) is 35.8 Å². The van der Waals surface area contributed by atoms with E-state index in [1.807, 2.05) is 36.4 Å². The van der Waals surface area contributed by atoms with Crippen LogP contribution < -0.4 is 5.56 Å². The molecule has 0 saturated carbocycles. The largest absolute Gasteiger partial charge is 0.494 e. The molecule has 0 aliphatic carbocycles. The van der Waals surface area contributed by atoms with Crippen molar-refractivity contribution in [2.75, 3.05) is 6.54 Å². The van der Waals surface area contributed by atoms with Gasteiger partial charge >= 0.3 is 0 Å². The lowest BCUT2D eigenvalue weighted by molar-refractivity contribution is -0.122. The molecule has 1 aliphatic heterocycles. The molecule has 1 aromatic carbocycles. The van der Waals surface area contributed by atoms with Gasteiger partial charge in [0.15, 0.2) is 5.78 Å². The monoisotopic (exact) mass is 516 g/mol. The number of carbonyl (C=O) groups excluding carboxylic acids is 2. The van der Waals surface area contributed by atoms with Crippen LogP contribution in [0.15, 0.2) is 64.6 Å². The van der Waals surface area contributed by atoms with Crippen LogP contribution in [0.2, 0.25) is 0 Å². The Morgan fingerprint density at radius 3 is 2.64 bits per heavy atom. The lowest BCUT2D eigenvalue weighted by Gasteiger charge is -2.17. The second-order valence-electron chi connectivity index (χ2n) is 7.98. The number of aromatic hydroxyl groups is 1. The zero-order valence-electron chi connectivity index (χ0n) is 19.2. The topological polar surface area (TPSA) is 116 Å². The van der Waals surface area contributed by atoms with Gasteiger partial charge in [-0.15, -0.1) is 0 Å². The first-order valence-electron chi connectivity index (χ1n) is 10.9. The second-order valence-corrected chi connectivity index (χ2v) is 9.66. The van der Waals surface area contributed by atoms with E-state index in [0.29, 0.717) is 14.8 Å². The number of aromatic nitrogens is 2. The Bertz CT molecular complexity index is 1490. The molecule has 180 valence electrons. The fourth-order valence-electron chi connectivity index (χ4n) is 3.84. The van der Waals surface area contributed by atoms with Crippen molar-refractivity contribution in [2.45, 2.75) is 19.9 Å². The summed E-state index contributed by atoms with van der Waals surface area (Å²) in [4.78, 5) is 44.7. The van der Waals surface area contributed by atoms with Crippen LogP contribution in [0.1, 0.15) is 39.0 Å². The van der Waals surface area contributed by atoms with E-state index in [9.17, 15) is 24.8 Å². The SMILES string of the molecule is Cc1c(C(=O)CCN2C(=O)/C(=C/c3ccccc3)SC2=S)c(O)n(Cc2cccnc2)c(=O)c1C#N. The summed E-state index contributed by atoms with van der Waals surface area (Å²) in [5.74, 6) is -1.34. The fraction of sp³-hybridized carbons (Fsp3) is 0.154. The molecule has 1 saturated heterocycles. The lowest BCUT2D eigenvalue weighted by atomic mass is 9.99. The van der Waals surface area contributed by atoms with Crippen LogP contribution >= 0.6 is 24.0 Å². The molecule has 0 spiro atoms. The zero-order valence-corrected chi connectivity index (χ0v) is 20.8. The Balaban J connectivity index is 1.59. The van der Waals surface area contributed by atoms with Gasteiger partial charge in [0.2, 0.25) is 5.88 Å². The number of nitrogens with zero attached hydrogens (tertiary/aromatic N) is 4. The number of ketones is 1. The molecule has 0 unspecified atom stereocenters. The van der Waals surface area contributed by atoms with E-state index in [1.54, 1.807) is 24.4 Å². The predicted octanol–water partition coefficient (Wildman–Crippen LogP) is 3.65. The number of pyridine rings is 2. The number of amides is 1. The van der Waals surface area contributed by atoms with Crippen molar-refractivity contribution in [1.82, 2.24) is 14.5 Å². The highest BCUT2D eigenvalue weighted by Gasteiger charge is 2.33. The number of carbonyl (C=O) groups is 2. The van der Waals surface area contributed by atoms with Gasteiger partial charge in [-0.1, -0.05) is 60.4 Å². The van der Waals surface area contributed by atoms with Crippen molar-refractivity contribution >= 4 is 46.1 Å². The first-order valence-corrected chi connectivity index (χ1v) is 12.1. The summed E-state index contributed by atoms with van der Waals surface area (Å²) in [6.07, 6.45) is 4.68. The number of Topliss-reactive ketones (excluding diaryl/α,β-unsaturated/α-hetero) is 1. The minimum absolute atomic E-state index is 0.00186. The summed E-state index contributed by atoms with van der Waals surface area (Å²) in [6.45, 7) is 1.38. The molecule has 0 atom stereocenters. The molecule has 1 amide bonds. The maximum absolute atomic E-state index is 13.2. The van der Waals surface area contributed by atoms with Gasteiger partial charge in [-0.25, -0.2) is 0 Å². The van der Waals surface area contributed by atoms with Crippen LogP contribution in [0.3, 0.4) is 0 Å². The molecule has 3 heterocycles. The molecule has 1 aliphatic rings. The van der Waals surface area contributed by atoms with Crippen molar-refractivity contribution < 1.29 is 14.7 Å². The number of benzene rings is 1. The Labute approximate surface area is 216 Å². The lowest BCUT2D eigenvalue weighted by Crippen LogP contribution is -2.31. The number of thioether (sulfide) groups is 1. The number of rotatable bonds is 7. The van der Waals surface area contributed by atoms with Gasteiger partial charge < -0.3 is 5.11 Å². The molecule has 1 fully saturated rings.